The number of benzene rings is 1. The van der Waals surface area contributed by atoms with Gasteiger partial charge in [-0.2, -0.15) is 0 Å². The lowest BCUT2D eigenvalue weighted by Gasteiger charge is -2.21. The lowest BCUT2D eigenvalue weighted by molar-refractivity contribution is 0.444. The number of aromatic amines is 1. The van der Waals surface area contributed by atoms with Crippen LogP contribution in [-0.2, 0) is 6.54 Å². The standard InChI is InChI=1S/C18H22N6O/c1-11-3-4-12(2)14(9-11)10-24-17-15(22-23-24)18(25)21-16(20-17)13-5-7-19-8-6-13/h3-4,9,13,19H,5-8,10H2,1-2H3,(H,20,21,25). The molecule has 0 spiro atoms. The zero-order valence-corrected chi connectivity index (χ0v) is 14.5. The van der Waals surface area contributed by atoms with Gasteiger partial charge in [0.25, 0.3) is 5.56 Å². The number of hydrogen-bond donors (Lipinski definition) is 2. The highest BCUT2D eigenvalue weighted by atomic mass is 16.1. The van der Waals surface area contributed by atoms with Crippen LogP contribution < -0.4 is 10.9 Å². The Kier molecular flexibility index (Phi) is 4.09. The van der Waals surface area contributed by atoms with Crippen LogP contribution in [0.5, 0.6) is 0 Å². The summed E-state index contributed by atoms with van der Waals surface area (Å²) in [5, 5.41) is 11.6. The van der Waals surface area contributed by atoms with Crippen molar-refractivity contribution in [3.8, 4) is 0 Å². The van der Waals surface area contributed by atoms with E-state index in [4.69, 9.17) is 4.98 Å². The molecule has 1 fully saturated rings. The Morgan fingerprint density at radius 2 is 2.04 bits per heavy atom. The minimum Gasteiger partial charge on any atom is -0.317 e. The normalized spacial score (nSPS) is 15.8. The van der Waals surface area contributed by atoms with Crippen LogP contribution >= 0.6 is 0 Å². The van der Waals surface area contributed by atoms with E-state index in [0.29, 0.717) is 17.7 Å². The molecule has 7 heteroatoms. The third-order valence-corrected chi connectivity index (χ3v) is 4.94. The number of fused-ring (bicyclic) bond motifs is 1. The highest BCUT2D eigenvalue weighted by Crippen LogP contribution is 2.22. The van der Waals surface area contributed by atoms with E-state index in [9.17, 15) is 4.79 Å². The zero-order chi connectivity index (χ0) is 17.4. The zero-order valence-electron chi connectivity index (χ0n) is 14.5. The minimum atomic E-state index is -0.203. The van der Waals surface area contributed by atoms with E-state index in [-0.39, 0.29) is 11.5 Å². The second kappa shape index (κ2) is 6.40. The molecule has 2 N–H and O–H groups in total. The fraction of sp³-hybridized carbons (Fsp3) is 0.444. The van der Waals surface area contributed by atoms with Crippen molar-refractivity contribution in [1.82, 2.24) is 30.3 Å². The maximum Gasteiger partial charge on any atom is 0.281 e. The molecule has 0 bridgehead atoms. The molecular weight excluding hydrogens is 316 g/mol. The van der Waals surface area contributed by atoms with Gasteiger partial charge < -0.3 is 10.3 Å². The van der Waals surface area contributed by atoms with Crippen molar-refractivity contribution < 1.29 is 0 Å². The number of H-pyrrole nitrogens is 1. The van der Waals surface area contributed by atoms with E-state index >= 15 is 0 Å². The molecule has 0 aliphatic carbocycles. The van der Waals surface area contributed by atoms with Crippen molar-refractivity contribution in [2.75, 3.05) is 13.1 Å². The Balaban J connectivity index is 1.75. The topological polar surface area (TPSA) is 88.5 Å². The summed E-state index contributed by atoms with van der Waals surface area (Å²) in [5.41, 5.74) is 4.23. The summed E-state index contributed by atoms with van der Waals surface area (Å²) in [6.45, 7) is 6.61. The van der Waals surface area contributed by atoms with Crippen molar-refractivity contribution in [1.29, 1.82) is 0 Å². The molecule has 0 atom stereocenters. The van der Waals surface area contributed by atoms with Crippen molar-refractivity contribution in [2.45, 2.75) is 39.2 Å². The van der Waals surface area contributed by atoms with Crippen molar-refractivity contribution in [3.05, 3.63) is 51.1 Å². The lowest BCUT2D eigenvalue weighted by Crippen LogP contribution is -2.28. The van der Waals surface area contributed by atoms with Crippen LogP contribution in [0.1, 0.15) is 41.3 Å². The third kappa shape index (κ3) is 3.07. The summed E-state index contributed by atoms with van der Waals surface area (Å²) in [5.74, 6) is 1.03. The Bertz CT molecular complexity index is 967. The van der Waals surface area contributed by atoms with Crippen molar-refractivity contribution in [3.63, 3.8) is 0 Å². The van der Waals surface area contributed by atoms with Gasteiger partial charge in [0, 0.05) is 5.92 Å². The molecule has 1 aromatic carbocycles. The van der Waals surface area contributed by atoms with Gasteiger partial charge in [-0.1, -0.05) is 29.0 Å². The molecule has 0 radical (unpaired) electrons. The number of nitrogens with zero attached hydrogens (tertiary/aromatic N) is 4. The van der Waals surface area contributed by atoms with Crippen LogP contribution in [0, 0.1) is 13.8 Å². The predicted molar refractivity (Wildman–Crippen MR) is 95.8 cm³/mol. The van der Waals surface area contributed by atoms with Crippen molar-refractivity contribution >= 4 is 11.2 Å². The summed E-state index contributed by atoms with van der Waals surface area (Å²) < 4.78 is 1.73. The maximum atomic E-state index is 12.4. The summed E-state index contributed by atoms with van der Waals surface area (Å²) in [6, 6.07) is 6.34. The summed E-state index contributed by atoms with van der Waals surface area (Å²) >= 11 is 0. The Morgan fingerprint density at radius 3 is 2.84 bits per heavy atom. The SMILES string of the molecule is Cc1ccc(C)c(Cn2nnc3c(=O)[nH]c(C4CCNCC4)nc32)c1. The molecular formula is C18H22N6O. The first kappa shape index (κ1) is 16.0. The van der Waals surface area contributed by atoms with Gasteiger partial charge in [0.2, 0.25) is 0 Å². The van der Waals surface area contributed by atoms with E-state index in [0.717, 1.165) is 37.3 Å². The molecule has 0 saturated carbocycles. The van der Waals surface area contributed by atoms with E-state index in [1.54, 1.807) is 4.68 Å². The molecule has 2 aromatic heterocycles. The summed E-state index contributed by atoms with van der Waals surface area (Å²) in [4.78, 5) is 20.0. The number of rotatable bonds is 3. The Morgan fingerprint density at radius 1 is 1.24 bits per heavy atom. The Hall–Kier alpha value is -2.54. The average Bonchev–Trinajstić information content (AvgIpc) is 3.02. The molecule has 3 aromatic rings. The second-order valence-corrected chi connectivity index (χ2v) is 6.82. The van der Waals surface area contributed by atoms with E-state index in [2.05, 4.69) is 52.7 Å². The molecule has 1 saturated heterocycles. The molecule has 130 valence electrons. The molecule has 7 nitrogen and oxygen atoms in total. The highest BCUT2D eigenvalue weighted by molar-refractivity contribution is 5.68. The molecule has 3 heterocycles. The summed E-state index contributed by atoms with van der Waals surface area (Å²) in [7, 11) is 0. The van der Waals surface area contributed by atoms with Gasteiger partial charge in [0.1, 0.15) is 5.82 Å². The highest BCUT2D eigenvalue weighted by Gasteiger charge is 2.20. The predicted octanol–water partition coefficient (Wildman–Crippen LogP) is 1.65. The van der Waals surface area contributed by atoms with Gasteiger partial charge in [-0.05, 0) is 50.9 Å². The largest absolute Gasteiger partial charge is 0.317 e. The van der Waals surface area contributed by atoms with E-state index in [1.807, 2.05) is 0 Å². The van der Waals surface area contributed by atoms with Gasteiger partial charge >= 0.3 is 0 Å². The first-order valence-corrected chi connectivity index (χ1v) is 8.72. The maximum absolute atomic E-state index is 12.4. The number of piperidine rings is 1. The fourth-order valence-electron chi connectivity index (χ4n) is 3.41. The van der Waals surface area contributed by atoms with Gasteiger partial charge in [0.05, 0.1) is 6.54 Å². The molecule has 0 amide bonds. The number of hydrogen-bond acceptors (Lipinski definition) is 5. The van der Waals surface area contributed by atoms with Gasteiger partial charge in [0.15, 0.2) is 11.2 Å². The van der Waals surface area contributed by atoms with Gasteiger partial charge in [-0.15, -0.1) is 5.10 Å². The lowest BCUT2D eigenvalue weighted by atomic mass is 9.97. The molecule has 4 rings (SSSR count). The second-order valence-electron chi connectivity index (χ2n) is 6.82. The minimum absolute atomic E-state index is 0.203. The quantitative estimate of drug-likeness (QED) is 0.758. The van der Waals surface area contributed by atoms with Crippen LogP contribution in [-0.4, -0.2) is 38.1 Å². The first-order valence-electron chi connectivity index (χ1n) is 8.72. The van der Waals surface area contributed by atoms with Crippen molar-refractivity contribution in [2.24, 2.45) is 0 Å². The molecule has 25 heavy (non-hydrogen) atoms. The average molecular weight is 338 g/mol. The number of aryl methyl sites for hydroxylation is 2. The van der Waals surface area contributed by atoms with Crippen LogP contribution in [0.4, 0.5) is 0 Å². The van der Waals surface area contributed by atoms with Gasteiger partial charge in [-0.25, -0.2) is 9.67 Å². The van der Waals surface area contributed by atoms with Crippen LogP contribution in [0.2, 0.25) is 0 Å². The van der Waals surface area contributed by atoms with Crippen LogP contribution in [0.15, 0.2) is 23.0 Å². The number of nitrogens with one attached hydrogen (secondary N) is 2. The van der Waals surface area contributed by atoms with Crippen LogP contribution in [0.25, 0.3) is 11.2 Å². The third-order valence-electron chi connectivity index (χ3n) is 4.94. The number of aromatic nitrogens is 5. The molecule has 1 aliphatic rings. The molecule has 1 aliphatic heterocycles. The summed E-state index contributed by atoms with van der Waals surface area (Å²) in [6.07, 6.45) is 1.96. The fourth-order valence-corrected chi connectivity index (χ4v) is 3.41. The van der Waals surface area contributed by atoms with E-state index < -0.39 is 0 Å². The Labute approximate surface area is 145 Å². The first-order chi connectivity index (χ1) is 12.1. The smallest absolute Gasteiger partial charge is 0.281 e. The van der Waals surface area contributed by atoms with Crippen LogP contribution in [0.3, 0.4) is 0 Å². The monoisotopic (exact) mass is 338 g/mol. The van der Waals surface area contributed by atoms with Gasteiger partial charge in [-0.3, -0.25) is 4.79 Å². The molecule has 0 unspecified atom stereocenters. The van der Waals surface area contributed by atoms with E-state index in [1.165, 1.54) is 11.1 Å².